The maximum absolute atomic E-state index is 10.9. The Morgan fingerprint density at radius 1 is 1.11 bits per heavy atom. The van der Waals surface area contributed by atoms with Gasteiger partial charge in [-0.15, -0.1) is 0 Å². The third-order valence-corrected chi connectivity index (χ3v) is 3.71. The highest BCUT2D eigenvalue weighted by Gasteiger charge is 2.10. The number of hydrogen-bond donors (Lipinski definition) is 3. The Balaban J connectivity index is 1.97. The van der Waals surface area contributed by atoms with Crippen molar-refractivity contribution in [2.75, 3.05) is 31.4 Å². The maximum atomic E-state index is 10.9. The minimum absolute atomic E-state index is 0.182. The van der Waals surface area contributed by atoms with Crippen LogP contribution in [0, 0.1) is 0 Å². The molecule has 0 unspecified atom stereocenters. The summed E-state index contributed by atoms with van der Waals surface area (Å²) in [5.41, 5.74) is 2.05. The third-order valence-electron chi connectivity index (χ3n) is 3.71. The smallest absolute Gasteiger partial charge is 0.322 e. The lowest BCUT2D eigenvalue weighted by atomic mass is 10.2. The van der Waals surface area contributed by atoms with E-state index in [0.717, 1.165) is 5.56 Å². The van der Waals surface area contributed by atoms with Crippen LogP contribution in [0.25, 0.3) is 11.3 Å². The average molecular weight is 381 g/mol. The number of hydrogen-bond acceptors (Lipinski definition) is 8. The van der Waals surface area contributed by atoms with Crippen molar-refractivity contribution in [3.63, 3.8) is 0 Å². The molecule has 0 aliphatic carbocycles. The number of benzene rings is 1. The van der Waals surface area contributed by atoms with Crippen molar-refractivity contribution in [1.82, 2.24) is 15.0 Å². The van der Waals surface area contributed by atoms with Gasteiger partial charge in [0.05, 0.1) is 19.9 Å². The monoisotopic (exact) mass is 381 g/mol. The lowest BCUT2D eigenvalue weighted by Gasteiger charge is -2.12. The minimum atomic E-state index is -1.01. The molecular formula is C19H19N5O4. The van der Waals surface area contributed by atoms with Crippen LogP contribution < -0.4 is 20.1 Å². The van der Waals surface area contributed by atoms with Crippen LogP contribution in [0.3, 0.4) is 0 Å². The number of aliphatic carboxylic acids is 1. The zero-order valence-electron chi connectivity index (χ0n) is 15.3. The van der Waals surface area contributed by atoms with Crippen molar-refractivity contribution in [2.24, 2.45) is 0 Å². The van der Waals surface area contributed by atoms with Crippen LogP contribution in [-0.4, -0.2) is 46.8 Å². The van der Waals surface area contributed by atoms with Gasteiger partial charge in [0, 0.05) is 47.9 Å². The van der Waals surface area contributed by atoms with Crippen molar-refractivity contribution >= 4 is 23.4 Å². The van der Waals surface area contributed by atoms with Gasteiger partial charge in [-0.25, -0.2) is 4.98 Å². The van der Waals surface area contributed by atoms with E-state index in [9.17, 15) is 4.79 Å². The summed E-state index contributed by atoms with van der Waals surface area (Å²) in [5, 5.41) is 14.8. The fraction of sp³-hybridized carbons (Fsp3) is 0.158. The van der Waals surface area contributed by atoms with E-state index >= 15 is 0 Å². The molecule has 3 aromatic rings. The summed E-state index contributed by atoms with van der Waals surface area (Å²) in [5.74, 6) is 0.876. The highest BCUT2D eigenvalue weighted by atomic mass is 16.5. The molecule has 144 valence electrons. The summed E-state index contributed by atoms with van der Waals surface area (Å²) in [6.45, 7) is -0.303. The van der Waals surface area contributed by atoms with E-state index in [0.29, 0.717) is 28.7 Å². The Labute approximate surface area is 161 Å². The molecule has 28 heavy (non-hydrogen) atoms. The van der Waals surface area contributed by atoms with Crippen LogP contribution in [-0.2, 0) is 4.79 Å². The van der Waals surface area contributed by atoms with Crippen LogP contribution in [0.4, 0.5) is 17.5 Å². The lowest BCUT2D eigenvalue weighted by molar-refractivity contribution is -0.134. The van der Waals surface area contributed by atoms with Crippen molar-refractivity contribution in [1.29, 1.82) is 0 Å². The summed E-state index contributed by atoms with van der Waals surface area (Å²) in [6, 6.07) is 10.7. The fourth-order valence-electron chi connectivity index (χ4n) is 2.43. The molecule has 0 saturated heterocycles. The van der Waals surface area contributed by atoms with E-state index in [1.165, 1.54) is 0 Å². The molecule has 0 aliphatic heterocycles. The molecule has 2 heterocycles. The molecule has 3 N–H and O–H groups in total. The molecule has 1 aromatic carbocycles. The predicted octanol–water partition coefficient (Wildman–Crippen LogP) is 2.80. The number of aromatic nitrogens is 3. The highest BCUT2D eigenvalue weighted by molar-refractivity contribution is 5.73. The maximum Gasteiger partial charge on any atom is 0.322 e. The molecule has 0 aliphatic rings. The molecule has 9 heteroatoms. The average Bonchev–Trinajstić information content (AvgIpc) is 2.72. The van der Waals surface area contributed by atoms with Gasteiger partial charge in [-0.2, -0.15) is 4.98 Å². The second kappa shape index (κ2) is 8.67. The Hall–Kier alpha value is -3.88. The predicted molar refractivity (Wildman–Crippen MR) is 104 cm³/mol. The van der Waals surface area contributed by atoms with Crippen molar-refractivity contribution in [3.8, 4) is 22.8 Å². The molecule has 0 amide bonds. The Morgan fingerprint density at radius 2 is 1.86 bits per heavy atom. The SMILES string of the molecule is COc1cc(Nc2cc(-c3cccnc3)nc(NCC(=O)O)n2)cc(OC)c1. The van der Waals surface area contributed by atoms with Crippen LogP contribution in [0.5, 0.6) is 11.5 Å². The van der Waals surface area contributed by atoms with Crippen molar-refractivity contribution in [2.45, 2.75) is 0 Å². The summed E-state index contributed by atoms with van der Waals surface area (Å²) >= 11 is 0. The van der Waals surface area contributed by atoms with E-state index in [2.05, 4.69) is 25.6 Å². The van der Waals surface area contributed by atoms with Crippen molar-refractivity contribution < 1.29 is 19.4 Å². The van der Waals surface area contributed by atoms with Gasteiger partial charge in [-0.05, 0) is 12.1 Å². The number of anilines is 3. The number of carbonyl (C=O) groups is 1. The molecule has 0 saturated carbocycles. The minimum Gasteiger partial charge on any atom is -0.497 e. The van der Waals surface area contributed by atoms with Gasteiger partial charge in [0.25, 0.3) is 0 Å². The highest BCUT2D eigenvalue weighted by Crippen LogP contribution is 2.29. The fourth-order valence-corrected chi connectivity index (χ4v) is 2.43. The molecule has 3 rings (SSSR count). The number of nitrogens with one attached hydrogen (secondary N) is 2. The van der Waals surface area contributed by atoms with Gasteiger partial charge in [-0.3, -0.25) is 9.78 Å². The van der Waals surface area contributed by atoms with E-state index in [1.807, 2.05) is 6.07 Å². The second-order valence-electron chi connectivity index (χ2n) is 5.68. The molecule has 0 radical (unpaired) electrons. The van der Waals surface area contributed by atoms with E-state index < -0.39 is 5.97 Å². The Bertz CT molecular complexity index is 944. The number of nitrogens with zero attached hydrogens (tertiary/aromatic N) is 3. The second-order valence-corrected chi connectivity index (χ2v) is 5.68. The van der Waals surface area contributed by atoms with Gasteiger partial charge < -0.3 is 25.2 Å². The largest absolute Gasteiger partial charge is 0.497 e. The summed E-state index contributed by atoms with van der Waals surface area (Å²) in [4.78, 5) is 23.7. The number of methoxy groups -OCH3 is 2. The van der Waals surface area contributed by atoms with Crippen molar-refractivity contribution in [3.05, 3.63) is 48.8 Å². The molecule has 0 fully saturated rings. The third kappa shape index (κ3) is 4.85. The molecule has 2 aromatic heterocycles. The lowest BCUT2D eigenvalue weighted by Crippen LogP contribution is -2.15. The zero-order chi connectivity index (χ0) is 19.9. The van der Waals surface area contributed by atoms with Gasteiger partial charge in [-0.1, -0.05) is 0 Å². The summed E-state index contributed by atoms with van der Waals surface area (Å²) < 4.78 is 10.6. The first-order chi connectivity index (χ1) is 13.6. The topological polar surface area (TPSA) is 118 Å². The molecule has 9 nitrogen and oxygen atoms in total. The van der Waals surface area contributed by atoms with Crippen LogP contribution in [0.1, 0.15) is 0 Å². The zero-order valence-corrected chi connectivity index (χ0v) is 15.3. The van der Waals surface area contributed by atoms with Gasteiger partial charge >= 0.3 is 5.97 Å². The van der Waals surface area contributed by atoms with Gasteiger partial charge in [0.2, 0.25) is 5.95 Å². The number of pyridine rings is 1. The van der Waals surface area contributed by atoms with Crippen LogP contribution in [0.15, 0.2) is 48.8 Å². The Kier molecular flexibility index (Phi) is 5.85. The normalized spacial score (nSPS) is 10.2. The first-order valence-electron chi connectivity index (χ1n) is 8.32. The molecule has 0 bridgehead atoms. The first-order valence-corrected chi connectivity index (χ1v) is 8.32. The standard InChI is InChI=1S/C19H19N5O4/c1-27-14-6-13(7-15(8-14)28-2)22-17-9-16(12-4-3-5-20-10-12)23-19(24-17)21-11-18(25)26/h3-10H,11H2,1-2H3,(H,25,26)(H2,21,22,23,24). The summed E-state index contributed by atoms with van der Waals surface area (Å²) in [7, 11) is 3.13. The van der Waals surface area contributed by atoms with Gasteiger partial charge in [0.1, 0.15) is 23.9 Å². The quantitative estimate of drug-likeness (QED) is 0.541. The molecular weight excluding hydrogens is 362 g/mol. The van der Waals surface area contributed by atoms with Crippen LogP contribution in [0.2, 0.25) is 0 Å². The van der Waals surface area contributed by atoms with Gasteiger partial charge in [0.15, 0.2) is 0 Å². The number of ether oxygens (including phenoxy) is 2. The summed E-state index contributed by atoms with van der Waals surface area (Å²) in [6.07, 6.45) is 3.33. The number of carboxylic acid groups (broad SMARTS) is 1. The van der Waals surface area contributed by atoms with E-state index in [-0.39, 0.29) is 12.5 Å². The first kappa shape index (κ1) is 18.9. The molecule has 0 spiro atoms. The van der Waals surface area contributed by atoms with E-state index in [1.54, 1.807) is 56.9 Å². The van der Waals surface area contributed by atoms with Crippen LogP contribution >= 0.6 is 0 Å². The number of rotatable bonds is 8. The Morgan fingerprint density at radius 3 is 2.46 bits per heavy atom. The van der Waals surface area contributed by atoms with E-state index in [4.69, 9.17) is 14.6 Å². The number of carboxylic acids is 1. The molecule has 0 atom stereocenters.